The molecule has 2 heteroatoms. The van der Waals surface area contributed by atoms with Crippen molar-refractivity contribution in [2.75, 3.05) is 6.54 Å². The summed E-state index contributed by atoms with van der Waals surface area (Å²) in [7, 11) is 0. The summed E-state index contributed by atoms with van der Waals surface area (Å²) in [5.41, 5.74) is 0.271. The van der Waals surface area contributed by atoms with Crippen molar-refractivity contribution < 1.29 is 0 Å². The lowest BCUT2D eigenvalue weighted by atomic mass is 9.95. The van der Waals surface area contributed by atoms with E-state index in [1.807, 2.05) is 11.3 Å². The molecule has 0 atom stereocenters. The molecule has 0 unspecified atom stereocenters. The van der Waals surface area contributed by atoms with Crippen LogP contribution in [0.25, 0.3) is 6.08 Å². The molecular weight excluding hydrogens is 214 g/mol. The molecule has 1 nitrogen and oxygen atoms in total. The molecule has 0 aliphatic carbocycles. The molecular formula is C14H23NS. The fraction of sp³-hybridized carbons (Fsp3) is 0.571. The van der Waals surface area contributed by atoms with Gasteiger partial charge in [0.1, 0.15) is 0 Å². The average molecular weight is 237 g/mol. The van der Waals surface area contributed by atoms with Crippen molar-refractivity contribution in [1.29, 1.82) is 0 Å². The molecule has 0 amide bonds. The summed E-state index contributed by atoms with van der Waals surface area (Å²) in [6.45, 7) is 12.0. The van der Waals surface area contributed by atoms with Crippen molar-refractivity contribution in [2.24, 2.45) is 0 Å². The molecule has 90 valence electrons. The maximum Gasteiger partial charge on any atom is 0.0270 e. The summed E-state index contributed by atoms with van der Waals surface area (Å²) >= 11 is 1.88. The Bertz CT molecular complexity index is 342. The summed E-state index contributed by atoms with van der Waals surface area (Å²) in [5.74, 6) is 0. The van der Waals surface area contributed by atoms with Gasteiger partial charge in [-0.05, 0) is 23.6 Å². The molecule has 0 fully saturated rings. The van der Waals surface area contributed by atoms with Crippen molar-refractivity contribution in [3.63, 3.8) is 0 Å². The molecule has 0 aliphatic heterocycles. The Balaban J connectivity index is 2.52. The number of hydrogen-bond acceptors (Lipinski definition) is 2. The van der Waals surface area contributed by atoms with Crippen molar-refractivity contribution in [1.82, 2.24) is 5.32 Å². The fourth-order valence-electron chi connectivity index (χ4n) is 1.32. The van der Waals surface area contributed by atoms with E-state index in [1.165, 1.54) is 9.75 Å². The van der Waals surface area contributed by atoms with E-state index >= 15 is 0 Å². The highest BCUT2D eigenvalue weighted by Crippen LogP contribution is 2.29. The third-order valence-electron chi connectivity index (χ3n) is 2.29. The summed E-state index contributed by atoms with van der Waals surface area (Å²) in [5, 5.41) is 3.37. The van der Waals surface area contributed by atoms with E-state index in [4.69, 9.17) is 0 Å². The van der Waals surface area contributed by atoms with Gasteiger partial charge in [0.25, 0.3) is 0 Å². The van der Waals surface area contributed by atoms with E-state index in [-0.39, 0.29) is 5.41 Å². The van der Waals surface area contributed by atoms with E-state index < -0.39 is 0 Å². The Morgan fingerprint density at radius 1 is 1.31 bits per heavy atom. The summed E-state index contributed by atoms with van der Waals surface area (Å²) in [6, 6.07) is 5.00. The van der Waals surface area contributed by atoms with Crippen molar-refractivity contribution >= 4 is 17.4 Å². The van der Waals surface area contributed by atoms with Gasteiger partial charge in [0.2, 0.25) is 0 Å². The largest absolute Gasteiger partial charge is 0.311 e. The van der Waals surface area contributed by atoms with Crippen LogP contribution < -0.4 is 5.32 Å². The Morgan fingerprint density at radius 3 is 2.50 bits per heavy atom. The van der Waals surface area contributed by atoms with Gasteiger partial charge in [0.05, 0.1) is 0 Å². The minimum absolute atomic E-state index is 0.271. The monoisotopic (exact) mass is 237 g/mol. The molecule has 1 heterocycles. The normalized spacial score (nSPS) is 12.9. The van der Waals surface area contributed by atoms with Gasteiger partial charge in [-0.25, -0.2) is 0 Å². The standard InChI is InChI=1S/C14H23NS/c1-11(2)15-10-6-7-12-8-9-13(16-12)14(3,4)5/h6-9,11,15H,10H2,1-5H3/b7-6+. The molecule has 1 rings (SSSR count). The maximum atomic E-state index is 3.37. The summed E-state index contributed by atoms with van der Waals surface area (Å²) in [6.07, 6.45) is 4.40. The lowest BCUT2D eigenvalue weighted by Crippen LogP contribution is -2.22. The first-order valence-electron chi connectivity index (χ1n) is 5.90. The molecule has 0 saturated carbocycles. The highest BCUT2D eigenvalue weighted by molar-refractivity contribution is 7.13. The van der Waals surface area contributed by atoms with Crippen LogP contribution in [0.15, 0.2) is 18.2 Å². The molecule has 1 aromatic heterocycles. The first-order valence-corrected chi connectivity index (χ1v) is 6.71. The van der Waals surface area contributed by atoms with E-state index in [2.05, 4.69) is 64.2 Å². The smallest absolute Gasteiger partial charge is 0.0270 e. The van der Waals surface area contributed by atoms with Crippen LogP contribution in [0.5, 0.6) is 0 Å². The first-order chi connectivity index (χ1) is 7.39. The van der Waals surface area contributed by atoms with Gasteiger partial charge in [-0.2, -0.15) is 0 Å². The van der Waals surface area contributed by atoms with E-state index in [0.29, 0.717) is 6.04 Å². The molecule has 1 aromatic rings. The lowest BCUT2D eigenvalue weighted by Gasteiger charge is -2.15. The third-order valence-corrected chi connectivity index (χ3v) is 3.77. The zero-order valence-corrected chi connectivity index (χ0v) is 11.8. The minimum atomic E-state index is 0.271. The molecule has 0 aromatic carbocycles. The van der Waals surface area contributed by atoms with E-state index in [0.717, 1.165) is 6.54 Å². The molecule has 0 aliphatic rings. The van der Waals surface area contributed by atoms with Crippen LogP contribution in [-0.4, -0.2) is 12.6 Å². The molecule has 16 heavy (non-hydrogen) atoms. The molecule has 0 radical (unpaired) electrons. The predicted octanol–water partition coefficient (Wildman–Crippen LogP) is 4.06. The van der Waals surface area contributed by atoms with Crippen LogP contribution in [-0.2, 0) is 5.41 Å². The molecule has 0 bridgehead atoms. The Kier molecular flexibility index (Phi) is 4.75. The first kappa shape index (κ1) is 13.5. The zero-order valence-electron chi connectivity index (χ0n) is 11.0. The van der Waals surface area contributed by atoms with Crippen LogP contribution in [0.3, 0.4) is 0 Å². The summed E-state index contributed by atoms with van der Waals surface area (Å²) < 4.78 is 0. The second-order valence-electron chi connectivity index (χ2n) is 5.42. The van der Waals surface area contributed by atoms with Gasteiger partial charge in [-0.1, -0.05) is 40.7 Å². The van der Waals surface area contributed by atoms with Gasteiger partial charge >= 0.3 is 0 Å². The Morgan fingerprint density at radius 2 is 2.00 bits per heavy atom. The van der Waals surface area contributed by atoms with Crippen LogP contribution >= 0.6 is 11.3 Å². The minimum Gasteiger partial charge on any atom is -0.311 e. The second-order valence-corrected chi connectivity index (χ2v) is 6.53. The van der Waals surface area contributed by atoms with E-state index in [9.17, 15) is 0 Å². The number of thiophene rings is 1. The van der Waals surface area contributed by atoms with Gasteiger partial charge < -0.3 is 5.32 Å². The Labute approximate surface area is 104 Å². The van der Waals surface area contributed by atoms with Gasteiger partial charge in [0, 0.05) is 22.3 Å². The van der Waals surface area contributed by atoms with Crippen LogP contribution in [0, 0.1) is 0 Å². The van der Waals surface area contributed by atoms with Crippen molar-refractivity contribution in [2.45, 2.75) is 46.1 Å². The van der Waals surface area contributed by atoms with Gasteiger partial charge in [0.15, 0.2) is 0 Å². The summed E-state index contributed by atoms with van der Waals surface area (Å²) in [4.78, 5) is 2.79. The quantitative estimate of drug-likeness (QED) is 0.833. The topological polar surface area (TPSA) is 12.0 Å². The average Bonchev–Trinajstić information content (AvgIpc) is 2.59. The predicted molar refractivity (Wildman–Crippen MR) is 75.2 cm³/mol. The van der Waals surface area contributed by atoms with E-state index in [1.54, 1.807) is 0 Å². The lowest BCUT2D eigenvalue weighted by molar-refractivity contribution is 0.604. The highest BCUT2D eigenvalue weighted by atomic mass is 32.1. The van der Waals surface area contributed by atoms with Crippen LogP contribution in [0.2, 0.25) is 0 Å². The number of nitrogens with one attached hydrogen (secondary N) is 1. The third kappa shape index (κ3) is 4.50. The van der Waals surface area contributed by atoms with Crippen molar-refractivity contribution in [3.05, 3.63) is 28.0 Å². The van der Waals surface area contributed by atoms with Crippen molar-refractivity contribution in [3.8, 4) is 0 Å². The van der Waals surface area contributed by atoms with Gasteiger partial charge in [-0.15, -0.1) is 11.3 Å². The number of rotatable bonds is 4. The molecule has 0 saturated heterocycles. The highest BCUT2D eigenvalue weighted by Gasteiger charge is 2.15. The molecule has 1 N–H and O–H groups in total. The molecule has 0 spiro atoms. The SMILES string of the molecule is CC(C)NC/C=C/c1ccc(C(C)(C)C)s1. The Hall–Kier alpha value is -0.600. The zero-order chi connectivity index (χ0) is 12.2. The maximum absolute atomic E-state index is 3.37. The fourth-order valence-corrected chi connectivity index (χ4v) is 2.32. The number of hydrogen-bond donors (Lipinski definition) is 1. The van der Waals surface area contributed by atoms with Gasteiger partial charge in [-0.3, -0.25) is 0 Å². The second kappa shape index (κ2) is 5.65. The van der Waals surface area contributed by atoms with Crippen LogP contribution in [0.1, 0.15) is 44.4 Å². The van der Waals surface area contributed by atoms with Crippen LogP contribution in [0.4, 0.5) is 0 Å².